The molecule has 0 radical (unpaired) electrons. The van der Waals surface area contributed by atoms with Crippen LogP contribution in [0.2, 0.25) is 0 Å². The number of ether oxygens (including phenoxy) is 1. The normalized spacial score (nSPS) is 12.4. The summed E-state index contributed by atoms with van der Waals surface area (Å²) < 4.78 is 9.41. The molecule has 108 valence electrons. The van der Waals surface area contributed by atoms with Gasteiger partial charge in [0.2, 0.25) is 0 Å². The molecular formula is C14H20N4OS. The zero-order chi connectivity index (χ0) is 14.5. The average Bonchev–Trinajstić information content (AvgIpc) is 2.95. The van der Waals surface area contributed by atoms with Gasteiger partial charge in [0.25, 0.3) is 0 Å². The second kappa shape index (κ2) is 6.76. The van der Waals surface area contributed by atoms with Crippen molar-refractivity contribution in [3.8, 4) is 5.75 Å². The number of pyridine rings is 1. The van der Waals surface area contributed by atoms with Gasteiger partial charge in [0.1, 0.15) is 5.75 Å². The minimum absolute atomic E-state index is 0.193. The highest BCUT2D eigenvalue weighted by atomic mass is 32.1. The summed E-state index contributed by atoms with van der Waals surface area (Å²) in [7, 11) is 1.70. The molecule has 0 saturated heterocycles. The van der Waals surface area contributed by atoms with Gasteiger partial charge in [0.15, 0.2) is 0 Å². The molecule has 1 N–H and O–H groups in total. The highest BCUT2D eigenvalue weighted by Gasteiger charge is 2.17. The van der Waals surface area contributed by atoms with E-state index in [1.807, 2.05) is 19.3 Å². The van der Waals surface area contributed by atoms with E-state index in [2.05, 4.69) is 33.7 Å². The van der Waals surface area contributed by atoms with E-state index in [4.69, 9.17) is 4.74 Å². The molecule has 20 heavy (non-hydrogen) atoms. The quantitative estimate of drug-likeness (QED) is 0.886. The van der Waals surface area contributed by atoms with Crippen molar-refractivity contribution in [1.29, 1.82) is 0 Å². The Kier molecular flexibility index (Phi) is 5.03. The number of hydrogen-bond donors (Lipinski definition) is 1. The van der Waals surface area contributed by atoms with Gasteiger partial charge in [-0.25, -0.2) is 0 Å². The lowest BCUT2D eigenvalue weighted by molar-refractivity contribution is 0.406. The Morgan fingerprint density at radius 2 is 2.15 bits per heavy atom. The van der Waals surface area contributed by atoms with Crippen LogP contribution in [-0.2, 0) is 6.42 Å². The van der Waals surface area contributed by atoms with Crippen LogP contribution in [0.3, 0.4) is 0 Å². The molecule has 1 unspecified atom stereocenters. The van der Waals surface area contributed by atoms with Gasteiger partial charge in [0.05, 0.1) is 24.2 Å². The molecule has 1 atom stereocenters. The van der Waals surface area contributed by atoms with Gasteiger partial charge >= 0.3 is 0 Å². The topological polar surface area (TPSA) is 59.9 Å². The van der Waals surface area contributed by atoms with Gasteiger partial charge in [-0.15, -0.1) is 5.10 Å². The summed E-state index contributed by atoms with van der Waals surface area (Å²) in [4.78, 5) is 5.69. The molecule has 0 aromatic carbocycles. The van der Waals surface area contributed by atoms with Crippen molar-refractivity contribution in [3.63, 3.8) is 0 Å². The number of rotatable bonds is 6. The maximum absolute atomic E-state index is 5.47. The molecule has 0 saturated carbocycles. The molecule has 0 aliphatic heterocycles. The monoisotopic (exact) mass is 292 g/mol. The Bertz CT molecular complexity index is 557. The third-order valence-electron chi connectivity index (χ3n) is 3.32. The van der Waals surface area contributed by atoms with Crippen LogP contribution in [-0.4, -0.2) is 28.2 Å². The Morgan fingerprint density at radius 1 is 1.35 bits per heavy atom. The van der Waals surface area contributed by atoms with Crippen molar-refractivity contribution in [3.05, 3.63) is 34.1 Å². The van der Waals surface area contributed by atoms with Crippen LogP contribution in [0.15, 0.2) is 12.4 Å². The maximum Gasteiger partial charge on any atom is 0.128 e. The third kappa shape index (κ3) is 3.13. The second-order valence-electron chi connectivity index (χ2n) is 4.68. The maximum atomic E-state index is 5.47. The van der Waals surface area contributed by atoms with Gasteiger partial charge in [-0.2, -0.15) is 0 Å². The fourth-order valence-corrected chi connectivity index (χ4v) is 2.90. The number of nitrogens with one attached hydrogen (secondary N) is 1. The molecule has 5 nitrogen and oxygen atoms in total. The van der Waals surface area contributed by atoms with Gasteiger partial charge in [-0.05, 0) is 31.9 Å². The van der Waals surface area contributed by atoms with Gasteiger partial charge in [0, 0.05) is 29.4 Å². The molecule has 2 heterocycles. The van der Waals surface area contributed by atoms with E-state index >= 15 is 0 Å². The number of aryl methyl sites for hydroxylation is 1. The Morgan fingerprint density at radius 3 is 2.75 bits per heavy atom. The Labute approximate surface area is 123 Å². The second-order valence-corrected chi connectivity index (χ2v) is 5.50. The van der Waals surface area contributed by atoms with E-state index in [-0.39, 0.29) is 6.04 Å². The summed E-state index contributed by atoms with van der Waals surface area (Å²) in [5.41, 5.74) is 3.22. The standard InChI is InChI=1S/C14H20N4OS/c1-5-15-12(13-8-17-18-20-13)6-11-10(3)14(19-4)9(2)7-16-11/h7-8,12,15H,5-6H2,1-4H3. The zero-order valence-electron chi connectivity index (χ0n) is 12.3. The van der Waals surface area contributed by atoms with Crippen molar-refractivity contribution in [2.75, 3.05) is 13.7 Å². The van der Waals surface area contributed by atoms with Crippen molar-refractivity contribution in [1.82, 2.24) is 19.9 Å². The predicted molar refractivity (Wildman–Crippen MR) is 80.3 cm³/mol. The van der Waals surface area contributed by atoms with E-state index < -0.39 is 0 Å². The summed E-state index contributed by atoms with van der Waals surface area (Å²) >= 11 is 1.43. The smallest absolute Gasteiger partial charge is 0.128 e. The van der Waals surface area contributed by atoms with E-state index in [9.17, 15) is 0 Å². The van der Waals surface area contributed by atoms with Gasteiger partial charge < -0.3 is 10.1 Å². The van der Waals surface area contributed by atoms with E-state index in [1.165, 1.54) is 11.5 Å². The van der Waals surface area contributed by atoms with Crippen LogP contribution in [0.25, 0.3) is 0 Å². The molecule has 0 spiro atoms. The molecule has 0 amide bonds. The molecule has 6 heteroatoms. The molecule has 0 aliphatic rings. The summed E-state index contributed by atoms with van der Waals surface area (Å²) in [5, 5.41) is 7.38. The summed E-state index contributed by atoms with van der Waals surface area (Å²) in [6, 6.07) is 0.193. The lowest BCUT2D eigenvalue weighted by Crippen LogP contribution is -2.23. The lowest BCUT2D eigenvalue weighted by Gasteiger charge is -2.18. The molecule has 0 aliphatic carbocycles. The van der Waals surface area contributed by atoms with Crippen LogP contribution in [0.1, 0.15) is 34.7 Å². The number of aromatic nitrogens is 3. The third-order valence-corrected chi connectivity index (χ3v) is 4.10. The van der Waals surface area contributed by atoms with Crippen LogP contribution in [0, 0.1) is 13.8 Å². The SMILES string of the molecule is CCNC(Cc1ncc(C)c(OC)c1C)c1cnns1. The first-order valence-corrected chi connectivity index (χ1v) is 7.44. The fourth-order valence-electron chi connectivity index (χ4n) is 2.32. The summed E-state index contributed by atoms with van der Waals surface area (Å²) in [6.07, 6.45) is 4.49. The van der Waals surface area contributed by atoms with Crippen molar-refractivity contribution >= 4 is 11.5 Å². The Balaban J connectivity index is 2.27. The molecule has 0 fully saturated rings. The minimum Gasteiger partial charge on any atom is -0.496 e. The first kappa shape index (κ1) is 14.9. The largest absolute Gasteiger partial charge is 0.496 e. The van der Waals surface area contributed by atoms with E-state index in [0.29, 0.717) is 0 Å². The van der Waals surface area contributed by atoms with Crippen LogP contribution >= 0.6 is 11.5 Å². The predicted octanol–water partition coefficient (Wildman–Crippen LogP) is 2.45. The molecule has 2 aromatic heterocycles. The number of hydrogen-bond acceptors (Lipinski definition) is 6. The van der Waals surface area contributed by atoms with Crippen LogP contribution in [0.4, 0.5) is 0 Å². The average molecular weight is 292 g/mol. The highest BCUT2D eigenvalue weighted by molar-refractivity contribution is 7.05. The van der Waals surface area contributed by atoms with Crippen LogP contribution in [0.5, 0.6) is 5.75 Å². The van der Waals surface area contributed by atoms with Crippen molar-refractivity contribution in [2.24, 2.45) is 0 Å². The van der Waals surface area contributed by atoms with Crippen molar-refractivity contribution in [2.45, 2.75) is 33.2 Å². The van der Waals surface area contributed by atoms with E-state index in [1.54, 1.807) is 7.11 Å². The summed E-state index contributed by atoms with van der Waals surface area (Å²) in [5.74, 6) is 0.924. The van der Waals surface area contributed by atoms with Gasteiger partial charge in [-0.1, -0.05) is 11.4 Å². The number of methoxy groups -OCH3 is 1. The minimum atomic E-state index is 0.193. The first-order valence-electron chi connectivity index (χ1n) is 6.67. The number of likely N-dealkylation sites (N-methyl/N-ethyl adjacent to an activating group) is 1. The Hall–Kier alpha value is -1.53. The lowest BCUT2D eigenvalue weighted by atomic mass is 10.0. The molecule has 0 bridgehead atoms. The summed E-state index contributed by atoms with van der Waals surface area (Å²) in [6.45, 7) is 7.06. The zero-order valence-corrected chi connectivity index (χ0v) is 13.1. The van der Waals surface area contributed by atoms with Crippen LogP contribution < -0.4 is 10.1 Å². The molecule has 2 aromatic rings. The van der Waals surface area contributed by atoms with E-state index in [0.717, 1.165) is 40.4 Å². The molecular weight excluding hydrogens is 272 g/mol. The fraction of sp³-hybridized carbons (Fsp3) is 0.500. The highest BCUT2D eigenvalue weighted by Crippen LogP contribution is 2.27. The first-order chi connectivity index (χ1) is 9.67. The van der Waals surface area contributed by atoms with Gasteiger partial charge in [-0.3, -0.25) is 4.98 Å². The van der Waals surface area contributed by atoms with Crippen molar-refractivity contribution < 1.29 is 4.74 Å². The molecule has 2 rings (SSSR count). The number of nitrogens with zero attached hydrogens (tertiary/aromatic N) is 3.